The first-order valence-corrected chi connectivity index (χ1v) is 14.1. The number of nitrogens with zero attached hydrogens (tertiary/aromatic N) is 3. The molecule has 6 rings (SSSR count). The van der Waals surface area contributed by atoms with E-state index >= 15 is 0 Å². The number of anilines is 1. The van der Waals surface area contributed by atoms with Gasteiger partial charge < -0.3 is 19.1 Å². The van der Waals surface area contributed by atoms with Crippen LogP contribution >= 0.6 is 0 Å². The minimum Gasteiger partial charge on any atom is -0.465 e. The second-order valence-electron chi connectivity index (χ2n) is 10.9. The summed E-state index contributed by atoms with van der Waals surface area (Å²) in [5, 5.41) is 1.32. The Morgan fingerprint density at radius 2 is 1.67 bits per heavy atom. The van der Waals surface area contributed by atoms with Crippen LogP contribution < -0.4 is 4.90 Å². The normalized spacial score (nSPS) is 19.1. The Morgan fingerprint density at radius 1 is 0.889 bits per heavy atom. The molecule has 0 N–H and O–H groups in total. The maximum atomic E-state index is 12.4. The molecule has 1 saturated heterocycles. The number of carbonyl (C=O) groups is 1. The molecule has 190 valence electrons. The molecule has 0 radical (unpaired) electrons. The topological polar surface area (TPSA) is 37.7 Å². The summed E-state index contributed by atoms with van der Waals surface area (Å²) in [6.07, 6.45) is 10.5. The maximum absolute atomic E-state index is 12.4. The number of carbonyl (C=O) groups excluding carboxylic acids is 1. The van der Waals surface area contributed by atoms with Crippen LogP contribution in [0.3, 0.4) is 0 Å². The fourth-order valence-electron chi connectivity index (χ4n) is 6.92. The minimum atomic E-state index is -0.260. The van der Waals surface area contributed by atoms with E-state index in [0.717, 1.165) is 26.2 Å². The number of para-hydroxylation sites is 1. The monoisotopic (exact) mass is 485 g/mol. The number of fused-ring (bicyclic) bond motifs is 5. The molecular formula is C31H39N3O2. The highest BCUT2D eigenvalue weighted by molar-refractivity contribution is 6.00. The van der Waals surface area contributed by atoms with Crippen LogP contribution in [0.1, 0.15) is 73.2 Å². The number of piperidine rings is 1. The molecule has 0 amide bonds. The first kappa shape index (κ1) is 23.6. The number of likely N-dealkylation sites (tertiary alicyclic amines) is 1. The van der Waals surface area contributed by atoms with E-state index in [2.05, 4.69) is 50.8 Å². The maximum Gasteiger partial charge on any atom is 0.337 e. The van der Waals surface area contributed by atoms with E-state index in [0.29, 0.717) is 11.5 Å². The van der Waals surface area contributed by atoms with Crippen LogP contribution in [0.2, 0.25) is 0 Å². The number of rotatable bonds is 5. The van der Waals surface area contributed by atoms with Crippen LogP contribution in [0.25, 0.3) is 22.2 Å². The lowest BCUT2D eigenvalue weighted by Crippen LogP contribution is -2.38. The van der Waals surface area contributed by atoms with Crippen molar-refractivity contribution in [3.8, 4) is 11.3 Å². The van der Waals surface area contributed by atoms with Gasteiger partial charge in [0.15, 0.2) is 0 Å². The van der Waals surface area contributed by atoms with Gasteiger partial charge in [-0.05, 0) is 68.5 Å². The van der Waals surface area contributed by atoms with Crippen LogP contribution in [0.5, 0.6) is 0 Å². The largest absolute Gasteiger partial charge is 0.465 e. The van der Waals surface area contributed by atoms with Crippen molar-refractivity contribution in [3.63, 3.8) is 0 Å². The highest BCUT2D eigenvalue weighted by Crippen LogP contribution is 2.47. The van der Waals surface area contributed by atoms with Gasteiger partial charge in [0.1, 0.15) is 0 Å². The third-order valence-corrected chi connectivity index (χ3v) is 8.77. The van der Waals surface area contributed by atoms with Crippen molar-refractivity contribution in [2.24, 2.45) is 0 Å². The third kappa shape index (κ3) is 4.32. The second kappa shape index (κ2) is 10.3. The van der Waals surface area contributed by atoms with E-state index in [4.69, 9.17) is 4.74 Å². The van der Waals surface area contributed by atoms with E-state index in [1.165, 1.54) is 105 Å². The quantitative estimate of drug-likeness (QED) is 0.389. The van der Waals surface area contributed by atoms with Crippen LogP contribution in [-0.4, -0.2) is 55.3 Å². The Labute approximate surface area is 215 Å². The number of hydrogen-bond donors (Lipinski definition) is 0. The predicted molar refractivity (Wildman–Crippen MR) is 147 cm³/mol. The van der Waals surface area contributed by atoms with Gasteiger partial charge in [0.25, 0.3) is 0 Å². The Hall–Kier alpha value is -2.79. The van der Waals surface area contributed by atoms with Gasteiger partial charge in [-0.1, -0.05) is 49.9 Å². The number of hydrogen-bond acceptors (Lipinski definition) is 4. The summed E-state index contributed by atoms with van der Waals surface area (Å²) in [4.78, 5) is 17.7. The van der Waals surface area contributed by atoms with Crippen molar-refractivity contribution < 1.29 is 9.53 Å². The van der Waals surface area contributed by atoms with Gasteiger partial charge >= 0.3 is 5.97 Å². The molecule has 1 aliphatic carbocycles. The van der Waals surface area contributed by atoms with Gasteiger partial charge in [0.2, 0.25) is 0 Å². The molecule has 5 nitrogen and oxygen atoms in total. The summed E-state index contributed by atoms with van der Waals surface area (Å²) < 4.78 is 7.60. The first-order chi connectivity index (χ1) is 17.7. The lowest BCUT2D eigenvalue weighted by molar-refractivity contribution is 0.0601. The standard InChI is InChI=1S/C31H39N3O2/c1-36-31(35)24-14-15-25-28(22-24)34-21-20-33(19-18-32-16-8-3-9-17-32)27-13-7-6-12-26(27)30(34)29(25)23-10-4-2-5-11-23/h6-7,12-15,22-23H,2-5,8-11,16-21H2,1H3. The van der Waals surface area contributed by atoms with Gasteiger partial charge in [-0.3, -0.25) is 0 Å². The van der Waals surface area contributed by atoms with E-state index in [1.54, 1.807) is 0 Å². The fraction of sp³-hybridized carbons (Fsp3) is 0.516. The second-order valence-corrected chi connectivity index (χ2v) is 10.9. The highest BCUT2D eigenvalue weighted by Gasteiger charge is 2.30. The van der Waals surface area contributed by atoms with Crippen LogP contribution in [-0.2, 0) is 11.3 Å². The molecule has 2 aliphatic heterocycles. The van der Waals surface area contributed by atoms with Crippen molar-refractivity contribution >= 4 is 22.6 Å². The van der Waals surface area contributed by atoms with Crippen molar-refractivity contribution in [1.29, 1.82) is 0 Å². The molecule has 0 spiro atoms. The van der Waals surface area contributed by atoms with Gasteiger partial charge in [0, 0.05) is 48.3 Å². The zero-order chi connectivity index (χ0) is 24.5. The predicted octanol–water partition coefficient (Wildman–Crippen LogP) is 6.45. The van der Waals surface area contributed by atoms with Gasteiger partial charge in [-0.15, -0.1) is 0 Å². The number of esters is 1. The Kier molecular flexibility index (Phi) is 6.75. The van der Waals surface area contributed by atoms with Crippen LogP contribution in [0, 0.1) is 0 Å². The molecule has 0 atom stereocenters. The van der Waals surface area contributed by atoms with E-state index < -0.39 is 0 Å². The van der Waals surface area contributed by atoms with Crippen molar-refractivity contribution in [2.45, 2.75) is 63.8 Å². The van der Waals surface area contributed by atoms with Crippen molar-refractivity contribution in [3.05, 3.63) is 53.6 Å². The summed E-state index contributed by atoms with van der Waals surface area (Å²) in [5.74, 6) is 0.318. The highest BCUT2D eigenvalue weighted by atomic mass is 16.5. The van der Waals surface area contributed by atoms with Gasteiger partial charge in [-0.2, -0.15) is 0 Å². The molecule has 2 fully saturated rings. The third-order valence-electron chi connectivity index (χ3n) is 8.77. The minimum absolute atomic E-state index is 0.260. The smallest absolute Gasteiger partial charge is 0.337 e. The zero-order valence-corrected chi connectivity index (χ0v) is 21.7. The molecule has 0 unspecified atom stereocenters. The molecule has 1 aromatic heterocycles. The van der Waals surface area contributed by atoms with Crippen molar-refractivity contribution in [1.82, 2.24) is 9.47 Å². The Morgan fingerprint density at radius 3 is 2.47 bits per heavy atom. The van der Waals surface area contributed by atoms with Crippen LogP contribution in [0.15, 0.2) is 42.5 Å². The number of benzene rings is 2. The fourth-order valence-corrected chi connectivity index (χ4v) is 6.92. The molecule has 2 aromatic carbocycles. The lowest BCUT2D eigenvalue weighted by atomic mass is 9.81. The Balaban J connectivity index is 1.46. The molecule has 0 bridgehead atoms. The SMILES string of the molecule is COC(=O)c1ccc2c(C3CCCCC3)c3n(c2c1)CCN(CCN1CCCCC1)c1ccccc1-3. The molecule has 36 heavy (non-hydrogen) atoms. The summed E-state index contributed by atoms with van der Waals surface area (Å²) in [7, 11) is 1.47. The zero-order valence-electron chi connectivity index (χ0n) is 21.7. The first-order valence-electron chi connectivity index (χ1n) is 14.1. The molecule has 5 heteroatoms. The number of aromatic nitrogens is 1. The molecule has 1 saturated carbocycles. The average Bonchev–Trinajstić information content (AvgIpc) is 3.17. The summed E-state index contributed by atoms with van der Waals surface area (Å²) >= 11 is 0. The van der Waals surface area contributed by atoms with E-state index in [-0.39, 0.29) is 5.97 Å². The number of ether oxygens (including phenoxy) is 1. The summed E-state index contributed by atoms with van der Waals surface area (Å²) in [6.45, 7) is 6.58. The molecule has 3 heterocycles. The Bertz CT molecular complexity index is 1230. The van der Waals surface area contributed by atoms with Gasteiger partial charge in [0.05, 0.1) is 18.4 Å². The van der Waals surface area contributed by atoms with Gasteiger partial charge in [-0.25, -0.2) is 4.79 Å². The molecule has 3 aliphatic rings. The van der Waals surface area contributed by atoms with Crippen LogP contribution in [0.4, 0.5) is 5.69 Å². The summed E-state index contributed by atoms with van der Waals surface area (Å²) in [5.41, 5.74) is 7.42. The average molecular weight is 486 g/mol. The van der Waals surface area contributed by atoms with E-state index in [9.17, 15) is 4.79 Å². The van der Waals surface area contributed by atoms with Crippen molar-refractivity contribution in [2.75, 3.05) is 44.7 Å². The molecular weight excluding hydrogens is 446 g/mol. The van der Waals surface area contributed by atoms with E-state index in [1.807, 2.05) is 6.07 Å². The number of methoxy groups -OCH3 is 1. The lowest BCUT2D eigenvalue weighted by Gasteiger charge is -2.31. The molecule has 3 aromatic rings. The summed E-state index contributed by atoms with van der Waals surface area (Å²) in [6, 6.07) is 15.3.